The van der Waals surface area contributed by atoms with Gasteiger partial charge in [-0.05, 0) is 48.6 Å². The van der Waals surface area contributed by atoms with Gasteiger partial charge in [0, 0.05) is 17.1 Å². The van der Waals surface area contributed by atoms with Crippen LogP contribution in [0, 0.1) is 5.92 Å². The second-order valence-corrected chi connectivity index (χ2v) is 7.74. The zero-order valence-corrected chi connectivity index (χ0v) is 16.0. The van der Waals surface area contributed by atoms with Gasteiger partial charge in [0.2, 0.25) is 0 Å². The van der Waals surface area contributed by atoms with Crippen LogP contribution in [0.2, 0.25) is 0 Å². The molecule has 150 valence electrons. The van der Waals surface area contributed by atoms with E-state index in [0.717, 1.165) is 6.07 Å². The van der Waals surface area contributed by atoms with Crippen LogP contribution in [0.1, 0.15) is 32.8 Å². The predicted molar refractivity (Wildman–Crippen MR) is 102 cm³/mol. The first kappa shape index (κ1) is 20.1. The summed E-state index contributed by atoms with van der Waals surface area (Å²) in [4.78, 5) is 4.12. The predicted octanol–water partition coefficient (Wildman–Crippen LogP) is 4.79. The second kappa shape index (κ2) is 7.43. The minimum absolute atomic E-state index is 0.00512. The van der Waals surface area contributed by atoms with Gasteiger partial charge in [-0.25, -0.2) is 4.98 Å². The zero-order chi connectivity index (χ0) is 20.5. The molecular weight excluding hydrogens is 369 g/mol. The molecule has 3 N–H and O–H groups in total. The van der Waals surface area contributed by atoms with Gasteiger partial charge in [-0.2, -0.15) is 18.3 Å². The number of aromatic amines is 1. The van der Waals surface area contributed by atoms with Crippen LogP contribution in [0.25, 0.3) is 22.2 Å². The van der Waals surface area contributed by atoms with Crippen LogP contribution in [0.5, 0.6) is 5.75 Å². The lowest BCUT2D eigenvalue weighted by Gasteiger charge is -2.27. The summed E-state index contributed by atoms with van der Waals surface area (Å²) >= 11 is 0. The summed E-state index contributed by atoms with van der Waals surface area (Å²) < 4.78 is 46.6. The van der Waals surface area contributed by atoms with Crippen molar-refractivity contribution in [1.29, 1.82) is 0 Å². The lowest BCUT2D eigenvalue weighted by molar-refractivity contribution is -0.139. The van der Waals surface area contributed by atoms with E-state index in [4.69, 9.17) is 10.5 Å². The number of nitrogens with one attached hydrogen (secondary N) is 1. The quantitative estimate of drug-likeness (QED) is 0.633. The summed E-state index contributed by atoms with van der Waals surface area (Å²) in [5, 5.41) is 7.27. The molecule has 0 aliphatic rings. The number of alkyl halides is 3. The molecular formula is C20H23F3N4O. The Bertz CT molecular complexity index is 963. The Morgan fingerprint density at radius 3 is 2.64 bits per heavy atom. The molecule has 5 nitrogen and oxygen atoms in total. The normalized spacial score (nSPS) is 14.4. The van der Waals surface area contributed by atoms with E-state index in [2.05, 4.69) is 15.2 Å². The molecule has 0 spiro atoms. The molecule has 0 fully saturated rings. The molecule has 3 aromatic rings. The molecule has 0 radical (unpaired) electrons. The Morgan fingerprint density at radius 1 is 1.21 bits per heavy atom. The van der Waals surface area contributed by atoms with Crippen molar-refractivity contribution in [1.82, 2.24) is 15.2 Å². The summed E-state index contributed by atoms with van der Waals surface area (Å²) in [6, 6.07) is 5.69. The molecule has 0 aliphatic heterocycles. The van der Waals surface area contributed by atoms with E-state index < -0.39 is 17.3 Å². The highest BCUT2D eigenvalue weighted by molar-refractivity contribution is 5.92. The van der Waals surface area contributed by atoms with Crippen molar-refractivity contribution in [2.45, 2.75) is 38.9 Å². The number of pyridine rings is 1. The van der Waals surface area contributed by atoms with Gasteiger partial charge in [0.15, 0.2) is 5.65 Å². The lowest BCUT2D eigenvalue weighted by atomic mass is 9.93. The number of ether oxygens (including phenoxy) is 1. The lowest BCUT2D eigenvalue weighted by Crippen LogP contribution is -2.43. The molecule has 1 aromatic carbocycles. The van der Waals surface area contributed by atoms with Crippen molar-refractivity contribution in [3.8, 4) is 16.9 Å². The van der Waals surface area contributed by atoms with Gasteiger partial charge < -0.3 is 10.5 Å². The number of nitrogens with zero attached hydrogens (tertiary/aromatic N) is 2. The fraction of sp³-hybridized carbons (Fsp3) is 0.400. The monoisotopic (exact) mass is 392 g/mol. The first-order valence-corrected chi connectivity index (χ1v) is 8.98. The Morgan fingerprint density at radius 2 is 1.96 bits per heavy atom. The molecule has 28 heavy (non-hydrogen) atoms. The van der Waals surface area contributed by atoms with E-state index in [1.807, 2.05) is 13.8 Å². The number of benzene rings is 1. The number of fused-ring (bicyclic) bond motifs is 1. The van der Waals surface area contributed by atoms with Crippen molar-refractivity contribution in [3.05, 3.63) is 42.2 Å². The van der Waals surface area contributed by atoms with Crippen LogP contribution in [-0.4, -0.2) is 27.3 Å². The van der Waals surface area contributed by atoms with Crippen LogP contribution in [0.3, 0.4) is 0 Å². The number of nitrogens with two attached hydrogens (primary N) is 1. The molecule has 2 aromatic heterocycles. The van der Waals surface area contributed by atoms with Crippen LogP contribution < -0.4 is 10.5 Å². The largest absolute Gasteiger partial charge is 0.491 e. The summed E-state index contributed by atoms with van der Waals surface area (Å²) in [7, 11) is 0. The van der Waals surface area contributed by atoms with Crippen molar-refractivity contribution >= 4 is 11.0 Å². The van der Waals surface area contributed by atoms with E-state index in [1.54, 1.807) is 25.3 Å². The third-order valence-electron chi connectivity index (χ3n) is 4.38. The number of aromatic nitrogens is 3. The smallest absolute Gasteiger partial charge is 0.419 e. The van der Waals surface area contributed by atoms with Gasteiger partial charge in [0.1, 0.15) is 12.4 Å². The molecule has 2 heterocycles. The van der Waals surface area contributed by atoms with E-state index in [-0.39, 0.29) is 12.4 Å². The van der Waals surface area contributed by atoms with Gasteiger partial charge in [0.25, 0.3) is 0 Å². The molecule has 8 heteroatoms. The number of rotatable bonds is 6. The van der Waals surface area contributed by atoms with Crippen LogP contribution in [-0.2, 0) is 6.18 Å². The average Bonchev–Trinajstić information content (AvgIpc) is 3.06. The minimum Gasteiger partial charge on any atom is -0.491 e. The highest BCUT2D eigenvalue weighted by Crippen LogP contribution is 2.40. The highest BCUT2D eigenvalue weighted by atomic mass is 19.4. The van der Waals surface area contributed by atoms with Gasteiger partial charge in [-0.15, -0.1) is 0 Å². The molecule has 0 saturated carbocycles. The van der Waals surface area contributed by atoms with Crippen molar-refractivity contribution in [3.63, 3.8) is 0 Å². The Balaban J connectivity index is 1.96. The SMILES string of the molecule is CC(C)C[C@@](C)(N)COc1ccc(-c2ccnc3[nH]ncc23)cc1C(F)(F)F. The van der Waals surface area contributed by atoms with Crippen molar-refractivity contribution in [2.24, 2.45) is 11.7 Å². The molecule has 0 bridgehead atoms. The van der Waals surface area contributed by atoms with Crippen LogP contribution in [0.15, 0.2) is 36.7 Å². The molecule has 3 rings (SSSR count). The number of hydrogen-bond donors (Lipinski definition) is 2. The van der Waals surface area contributed by atoms with E-state index in [1.165, 1.54) is 12.3 Å². The van der Waals surface area contributed by atoms with E-state index in [9.17, 15) is 13.2 Å². The number of H-pyrrole nitrogens is 1. The summed E-state index contributed by atoms with van der Waals surface area (Å²) in [6.45, 7) is 5.79. The maximum absolute atomic E-state index is 13.7. The molecule has 0 saturated heterocycles. The van der Waals surface area contributed by atoms with E-state index in [0.29, 0.717) is 34.5 Å². The van der Waals surface area contributed by atoms with E-state index >= 15 is 0 Å². The van der Waals surface area contributed by atoms with Gasteiger partial charge in [-0.3, -0.25) is 5.10 Å². The van der Waals surface area contributed by atoms with Crippen molar-refractivity contribution < 1.29 is 17.9 Å². The topological polar surface area (TPSA) is 76.8 Å². The average molecular weight is 392 g/mol. The summed E-state index contributed by atoms with van der Waals surface area (Å²) in [5.74, 6) is 0.0845. The van der Waals surface area contributed by atoms with Gasteiger partial charge in [-0.1, -0.05) is 19.9 Å². The second-order valence-electron chi connectivity index (χ2n) is 7.74. The Labute approximate surface area is 161 Å². The number of hydrogen-bond acceptors (Lipinski definition) is 4. The fourth-order valence-corrected chi connectivity index (χ4v) is 3.38. The molecule has 0 aliphatic carbocycles. The summed E-state index contributed by atoms with van der Waals surface area (Å²) in [5.41, 5.74) is 6.15. The Kier molecular flexibility index (Phi) is 5.34. The Hall–Kier alpha value is -2.61. The van der Waals surface area contributed by atoms with Crippen LogP contribution in [0.4, 0.5) is 13.2 Å². The molecule has 1 atom stereocenters. The minimum atomic E-state index is -4.56. The van der Waals surface area contributed by atoms with Crippen molar-refractivity contribution in [2.75, 3.05) is 6.61 Å². The maximum Gasteiger partial charge on any atom is 0.419 e. The van der Waals surface area contributed by atoms with Gasteiger partial charge in [0.05, 0.1) is 11.8 Å². The highest BCUT2D eigenvalue weighted by Gasteiger charge is 2.35. The maximum atomic E-state index is 13.7. The fourth-order valence-electron chi connectivity index (χ4n) is 3.38. The van der Waals surface area contributed by atoms with Gasteiger partial charge >= 0.3 is 6.18 Å². The third-order valence-corrected chi connectivity index (χ3v) is 4.38. The van der Waals surface area contributed by atoms with Crippen LogP contribution >= 0.6 is 0 Å². The first-order chi connectivity index (χ1) is 13.1. The standard InChI is InChI=1S/C20H23F3N4O/c1-12(2)9-19(3,24)11-28-17-5-4-13(8-16(17)20(21,22)23)14-6-7-25-18-15(14)10-26-27-18/h4-8,10,12H,9,11,24H2,1-3H3,(H,25,26,27)/t19-/m1/s1. The molecule has 0 unspecified atom stereocenters. The third kappa shape index (κ3) is 4.44. The number of halogens is 3. The first-order valence-electron chi connectivity index (χ1n) is 8.98. The summed E-state index contributed by atoms with van der Waals surface area (Å²) in [6.07, 6.45) is -0.848. The zero-order valence-electron chi connectivity index (χ0n) is 16.0. The molecule has 0 amide bonds.